The van der Waals surface area contributed by atoms with E-state index >= 15 is 0 Å². The van der Waals surface area contributed by atoms with E-state index in [0.717, 1.165) is 16.3 Å². The Balaban J connectivity index is 1.55. The van der Waals surface area contributed by atoms with Gasteiger partial charge in [-0.3, -0.25) is 4.79 Å². The van der Waals surface area contributed by atoms with Gasteiger partial charge in [-0.25, -0.2) is 9.78 Å². The van der Waals surface area contributed by atoms with Crippen molar-refractivity contribution in [3.05, 3.63) is 51.0 Å². The summed E-state index contributed by atoms with van der Waals surface area (Å²) in [6.07, 6.45) is 1.27. The third-order valence-electron chi connectivity index (χ3n) is 4.88. The van der Waals surface area contributed by atoms with Gasteiger partial charge >= 0.3 is 5.97 Å². The minimum atomic E-state index is -0.566. The molecule has 1 amide bonds. The number of piperidine rings is 1. The predicted octanol–water partition coefficient (Wildman–Crippen LogP) is 3.06. The summed E-state index contributed by atoms with van der Waals surface area (Å²) in [4.78, 5) is 31.8. The van der Waals surface area contributed by atoms with Crippen molar-refractivity contribution < 1.29 is 14.3 Å². The van der Waals surface area contributed by atoms with Crippen LogP contribution in [0.4, 0.5) is 0 Å². The zero-order valence-electron chi connectivity index (χ0n) is 13.7. The highest BCUT2D eigenvalue weighted by Gasteiger charge is 2.47. The Morgan fingerprint density at radius 3 is 2.62 bits per heavy atom. The van der Waals surface area contributed by atoms with Gasteiger partial charge in [-0.2, -0.15) is 0 Å². The van der Waals surface area contributed by atoms with E-state index < -0.39 is 5.60 Å². The smallest absolute Gasteiger partial charge is 0.339 e. The van der Waals surface area contributed by atoms with Crippen LogP contribution < -0.4 is 0 Å². The summed E-state index contributed by atoms with van der Waals surface area (Å²) >= 11 is 1.44. The van der Waals surface area contributed by atoms with E-state index in [1.165, 1.54) is 11.3 Å². The fourth-order valence-corrected chi connectivity index (χ4v) is 4.55. The number of ether oxygens (including phenoxy) is 1. The Labute approximate surface area is 144 Å². The Morgan fingerprint density at radius 2 is 1.96 bits per heavy atom. The first kappa shape index (κ1) is 15.3. The molecule has 124 valence electrons. The number of nitrogens with zero attached hydrogens (tertiary/aromatic N) is 2. The second kappa shape index (κ2) is 5.41. The maximum atomic E-state index is 12.7. The molecule has 6 heteroatoms. The van der Waals surface area contributed by atoms with Gasteiger partial charge in [0.15, 0.2) is 0 Å². The normalized spacial score (nSPS) is 18.6. The molecule has 1 aromatic carbocycles. The van der Waals surface area contributed by atoms with Gasteiger partial charge in [0.25, 0.3) is 5.91 Å². The van der Waals surface area contributed by atoms with Crippen molar-refractivity contribution in [3.8, 4) is 0 Å². The molecule has 0 unspecified atom stereocenters. The zero-order chi connectivity index (χ0) is 16.9. The van der Waals surface area contributed by atoms with Crippen molar-refractivity contribution >= 4 is 23.2 Å². The van der Waals surface area contributed by atoms with E-state index in [2.05, 4.69) is 4.98 Å². The number of hydrogen-bond acceptors (Lipinski definition) is 5. The van der Waals surface area contributed by atoms with Crippen LogP contribution >= 0.6 is 11.3 Å². The van der Waals surface area contributed by atoms with E-state index in [-0.39, 0.29) is 11.9 Å². The zero-order valence-corrected chi connectivity index (χ0v) is 14.5. The van der Waals surface area contributed by atoms with Gasteiger partial charge < -0.3 is 9.64 Å². The number of aryl methyl sites for hydroxylation is 2. The minimum absolute atomic E-state index is 0.0329. The highest BCUT2D eigenvalue weighted by molar-refractivity contribution is 7.13. The van der Waals surface area contributed by atoms with Gasteiger partial charge in [0, 0.05) is 31.5 Å². The van der Waals surface area contributed by atoms with Gasteiger partial charge in [0.05, 0.1) is 16.3 Å². The fourth-order valence-electron chi connectivity index (χ4n) is 3.66. The number of benzene rings is 1. The SMILES string of the molecule is Cc1nc(C)c(C(=O)N2CCC3(CC2)OC(=O)c2ccccc23)s1. The molecule has 1 aromatic heterocycles. The van der Waals surface area contributed by atoms with Crippen molar-refractivity contribution in [2.75, 3.05) is 13.1 Å². The molecule has 0 bridgehead atoms. The van der Waals surface area contributed by atoms with E-state index in [0.29, 0.717) is 36.4 Å². The molecule has 24 heavy (non-hydrogen) atoms. The van der Waals surface area contributed by atoms with Crippen molar-refractivity contribution in [3.63, 3.8) is 0 Å². The fraction of sp³-hybridized carbons (Fsp3) is 0.389. The summed E-state index contributed by atoms with van der Waals surface area (Å²) in [5, 5.41) is 0.906. The first-order chi connectivity index (χ1) is 11.5. The summed E-state index contributed by atoms with van der Waals surface area (Å²) in [5.74, 6) is -0.218. The van der Waals surface area contributed by atoms with Crippen LogP contribution in [0.1, 0.15) is 49.1 Å². The number of fused-ring (bicyclic) bond motifs is 2. The van der Waals surface area contributed by atoms with Gasteiger partial charge in [-0.1, -0.05) is 18.2 Å². The van der Waals surface area contributed by atoms with Crippen molar-refractivity contribution in [1.29, 1.82) is 0 Å². The lowest BCUT2D eigenvalue weighted by molar-refractivity contribution is -0.0389. The molecule has 4 rings (SSSR count). The number of hydrogen-bond donors (Lipinski definition) is 0. The summed E-state index contributed by atoms with van der Waals surface area (Å²) in [7, 11) is 0. The number of carbonyl (C=O) groups is 2. The molecular formula is C18H18N2O3S. The van der Waals surface area contributed by atoms with Crippen molar-refractivity contribution in [2.24, 2.45) is 0 Å². The number of aromatic nitrogens is 1. The largest absolute Gasteiger partial charge is 0.450 e. The molecule has 0 N–H and O–H groups in total. The van der Waals surface area contributed by atoms with E-state index in [1.54, 1.807) is 0 Å². The number of likely N-dealkylation sites (tertiary alicyclic amines) is 1. The van der Waals surface area contributed by atoms with Crippen LogP contribution in [0.25, 0.3) is 0 Å². The first-order valence-corrected chi connectivity index (χ1v) is 8.88. The summed E-state index contributed by atoms with van der Waals surface area (Å²) < 4.78 is 5.74. The molecule has 0 radical (unpaired) electrons. The van der Waals surface area contributed by atoms with Gasteiger partial charge in [0.1, 0.15) is 10.5 Å². The molecule has 3 heterocycles. The maximum Gasteiger partial charge on any atom is 0.339 e. The van der Waals surface area contributed by atoms with Crippen LogP contribution in [0, 0.1) is 13.8 Å². The molecule has 1 spiro atoms. The third-order valence-corrected chi connectivity index (χ3v) is 5.94. The molecule has 1 saturated heterocycles. The molecule has 0 saturated carbocycles. The monoisotopic (exact) mass is 342 g/mol. The second-order valence-corrected chi connectivity index (χ2v) is 7.57. The first-order valence-electron chi connectivity index (χ1n) is 8.06. The van der Waals surface area contributed by atoms with E-state index in [1.807, 2.05) is 43.0 Å². The van der Waals surface area contributed by atoms with Gasteiger partial charge in [0.2, 0.25) is 0 Å². The van der Waals surface area contributed by atoms with Crippen molar-refractivity contribution in [2.45, 2.75) is 32.3 Å². The lowest BCUT2D eigenvalue weighted by Gasteiger charge is -2.38. The van der Waals surface area contributed by atoms with Crippen LogP contribution in [-0.4, -0.2) is 34.8 Å². The molecule has 2 aromatic rings. The topological polar surface area (TPSA) is 59.5 Å². The molecule has 5 nitrogen and oxygen atoms in total. The van der Waals surface area contributed by atoms with Gasteiger partial charge in [-0.15, -0.1) is 11.3 Å². The highest BCUT2D eigenvalue weighted by atomic mass is 32.1. The van der Waals surface area contributed by atoms with Crippen LogP contribution in [0.15, 0.2) is 24.3 Å². The summed E-state index contributed by atoms with van der Waals surface area (Å²) in [6, 6.07) is 7.57. The van der Waals surface area contributed by atoms with E-state index in [9.17, 15) is 9.59 Å². The maximum absolute atomic E-state index is 12.7. The molecule has 2 aliphatic heterocycles. The molecular weight excluding hydrogens is 324 g/mol. The number of carbonyl (C=O) groups excluding carboxylic acids is 2. The minimum Gasteiger partial charge on any atom is -0.450 e. The number of rotatable bonds is 1. The number of thiazole rings is 1. The highest BCUT2D eigenvalue weighted by Crippen LogP contribution is 2.44. The quantitative estimate of drug-likeness (QED) is 0.747. The Bertz CT molecular complexity index is 835. The van der Waals surface area contributed by atoms with E-state index in [4.69, 9.17) is 4.74 Å². The summed E-state index contributed by atoms with van der Waals surface area (Å²) in [6.45, 7) is 4.94. The third kappa shape index (κ3) is 2.24. The number of esters is 1. The molecule has 0 aliphatic carbocycles. The van der Waals surface area contributed by atoms with Crippen molar-refractivity contribution in [1.82, 2.24) is 9.88 Å². The molecule has 0 atom stereocenters. The lowest BCUT2D eigenvalue weighted by Crippen LogP contribution is -2.45. The average molecular weight is 342 g/mol. The molecule has 1 fully saturated rings. The van der Waals surface area contributed by atoms with Crippen LogP contribution in [0.5, 0.6) is 0 Å². The second-order valence-electron chi connectivity index (χ2n) is 6.37. The standard InChI is InChI=1S/C18H18N2O3S/c1-11-15(24-12(2)19-11)16(21)20-9-7-18(8-10-20)14-6-4-3-5-13(14)17(22)23-18/h3-6H,7-10H2,1-2H3. The predicted molar refractivity (Wildman–Crippen MR) is 90.3 cm³/mol. The average Bonchev–Trinajstić information content (AvgIpc) is 3.05. The van der Waals surface area contributed by atoms with Crippen LogP contribution in [-0.2, 0) is 10.3 Å². The Kier molecular flexibility index (Phi) is 3.46. The van der Waals surface area contributed by atoms with Crippen LogP contribution in [0.3, 0.4) is 0 Å². The summed E-state index contributed by atoms with van der Waals surface area (Å²) in [5.41, 5.74) is 1.85. The van der Waals surface area contributed by atoms with Gasteiger partial charge in [-0.05, 0) is 19.9 Å². The number of amides is 1. The van der Waals surface area contributed by atoms with Crippen LogP contribution in [0.2, 0.25) is 0 Å². The Morgan fingerprint density at radius 1 is 1.25 bits per heavy atom. The lowest BCUT2D eigenvalue weighted by atomic mass is 9.84. The molecule has 2 aliphatic rings. The Hall–Kier alpha value is -2.21.